The van der Waals surface area contributed by atoms with Crippen molar-refractivity contribution in [3.63, 3.8) is 0 Å². The zero-order valence-corrected chi connectivity index (χ0v) is 14.1. The van der Waals surface area contributed by atoms with Gasteiger partial charge in [-0.1, -0.05) is 48.5 Å². The van der Waals surface area contributed by atoms with Crippen LogP contribution in [0.25, 0.3) is 0 Å². The van der Waals surface area contributed by atoms with Crippen LogP contribution < -0.4 is 5.32 Å². The molecule has 0 unspecified atom stereocenters. The second-order valence-electron chi connectivity index (χ2n) is 6.19. The molecule has 0 bridgehead atoms. The summed E-state index contributed by atoms with van der Waals surface area (Å²) < 4.78 is 5.21. The first kappa shape index (κ1) is 16.7. The van der Waals surface area contributed by atoms with Crippen LogP contribution in [0.3, 0.4) is 0 Å². The fourth-order valence-electron chi connectivity index (χ4n) is 3.27. The molecule has 1 amide bonds. The molecule has 24 heavy (non-hydrogen) atoms. The van der Waals surface area contributed by atoms with Crippen molar-refractivity contribution in [2.75, 3.05) is 19.0 Å². The predicted molar refractivity (Wildman–Crippen MR) is 95.7 cm³/mol. The Kier molecular flexibility index (Phi) is 5.62. The molecule has 1 aliphatic heterocycles. The van der Waals surface area contributed by atoms with Gasteiger partial charge >= 0.3 is 0 Å². The fourth-order valence-corrected chi connectivity index (χ4v) is 3.27. The van der Waals surface area contributed by atoms with Crippen LogP contribution in [0.15, 0.2) is 54.6 Å². The maximum absolute atomic E-state index is 12.8. The van der Waals surface area contributed by atoms with Crippen molar-refractivity contribution in [1.29, 1.82) is 0 Å². The average molecular weight is 324 g/mol. The van der Waals surface area contributed by atoms with Gasteiger partial charge in [-0.25, -0.2) is 0 Å². The van der Waals surface area contributed by atoms with Gasteiger partial charge < -0.3 is 10.1 Å². The monoisotopic (exact) mass is 324 g/mol. The molecule has 0 spiro atoms. The molecule has 1 saturated heterocycles. The summed E-state index contributed by atoms with van der Waals surface area (Å²) in [5.74, 6) is 0.0759. The number of para-hydroxylation sites is 1. The van der Waals surface area contributed by atoms with Crippen molar-refractivity contribution in [3.8, 4) is 0 Å². The summed E-state index contributed by atoms with van der Waals surface area (Å²) in [7, 11) is 1.66. The van der Waals surface area contributed by atoms with Crippen molar-refractivity contribution >= 4 is 11.6 Å². The molecule has 0 saturated carbocycles. The molecule has 0 aromatic heterocycles. The molecule has 0 aliphatic carbocycles. The minimum atomic E-state index is -0.0687. The van der Waals surface area contributed by atoms with E-state index in [1.807, 2.05) is 42.5 Å². The molecule has 4 heteroatoms. The molecule has 2 aromatic rings. The zero-order chi connectivity index (χ0) is 16.8. The smallest absolute Gasteiger partial charge is 0.241 e. The highest BCUT2D eigenvalue weighted by Gasteiger charge is 2.30. The van der Waals surface area contributed by atoms with E-state index in [2.05, 4.69) is 22.3 Å². The molecule has 1 heterocycles. The summed E-state index contributed by atoms with van der Waals surface area (Å²) in [4.78, 5) is 15.0. The summed E-state index contributed by atoms with van der Waals surface area (Å²) in [5.41, 5.74) is 3.09. The maximum atomic E-state index is 12.8. The topological polar surface area (TPSA) is 41.6 Å². The highest BCUT2D eigenvalue weighted by Crippen LogP contribution is 2.23. The third kappa shape index (κ3) is 4.02. The normalized spacial score (nSPS) is 17.8. The lowest BCUT2D eigenvalue weighted by molar-refractivity contribution is -0.120. The van der Waals surface area contributed by atoms with Crippen LogP contribution >= 0.6 is 0 Å². The van der Waals surface area contributed by atoms with Crippen LogP contribution in [-0.2, 0) is 22.7 Å². The average Bonchev–Trinajstić information content (AvgIpc) is 3.06. The standard InChI is InChI=1S/C20H24N2O2/c1-24-15-17-10-5-6-11-18(17)21-20(23)19-12-7-13-22(19)14-16-8-3-2-4-9-16/h2-6,8-11,19H,7,12-15H2,1H3,(H,21,23)/t19-/m1/s1. The maximum Gasteiger partial charge on any atom is 0.241 e. The van der Waals surface area contributed by atoms with Crippen LogP contribution in [-0.4, -0.2) is 30.5 Å². The molecule has 4 nitrogen and oxygen atoms in total. The first-order valence-electron chi connectivity index (χ1n) is 8.43. The number of carbonyl (C=O) groups is 1. The van der Waals surface area contributed by atoms with E-state index in [1.165, 1.54) is 5.56 Å². The van der Waals surface area contributed by atoms with Gasteiger partial charge in [0.15, 0.2) is 0 Å². The van der Waals surface area contributed by atoms with E-state index in [9.17, 15) is 4.79 Å². The number of methoxy groups -OCH3 is 1. The number of carbonyl (C=O) groups excluding carboxylic acids is 1. The fraction of sp³-hybridized carbons (Fsp3) is 0.350. The van der Waals surface area contributed by atoms with Crippen LogP contribution in [0.2, 0.25) is 0 Å². The number of benzene rings is 2. The molecular formula is C20H24N2O2. The Hall–Kier alpha value is -2.17. The molecule has 3 rings (SSSR count). The summed E-state index contributed by atoms with van der Waals surface area (Å²) in [6.45, 7) is 2.28. The van der Waals surface area contributed by atoms with Crippen LogP contribution in [0.5, 0.6) is 0 Å². The minimum absolute atomic E-state index is 0.0687. The molecule has 1 fully saturated rings. The summed E-state index contributed by atoms with van der Waals surface area (Å²) in [5, 5.41) is 3.09. The van der Waals surface area contributed by atoms with Crippen molar-refractivity contribution in [3.05, 3.63) is 65.7 Å². The summed E-state index contributed by atoms with van der Waals surface area (Å²) in [6.07, 6.45) is 1.97. The Morgan fingerprint density at radius 1 is 1.17 bits per heavy atom. The Morgan fingerprint density at radius 3 is 2.71 bits per heavy atom. The number of likely N-dealkylation sites (tertiary alicyclic amines) is 1. The quantitative estimate of drug-likeness (QED) is 0.885. The number of anilines is 1. The molecule has 2 aromatic carbocycles. The van der Waals surface area contributed by atoms with E-state index in [4.69, 9.17) is 4.74 Å². The number of hydrogen-bond donors (Lipinski definition) is 1. The van der Waals surface area contributed by atoms with E-state index >= 15 is 0 Å². The van der Waals surface area contributed by atoms with E-state index in [0.29, 0.717) is 6.61 Å². The zero-order valence-electron chi connectivity index (χ0n) is 14.1. The molecular weight excluding hydrogens is 300 g/mol. The third-order valence-corrected chi connectivity index (χ3v) is 4.47. The Labute approximate surface area is 143 Å². The predicted octanol–water partition coefficient (Wildman–Crippen LogP) is 3.44. The van der Waals surface area contributed by atoms with E-state index < -0.39 is 0 Å². The van der Waals surface area contributed by atoms with Gasteiger partial charge in [0, 0.05) is 24.9 Å². The lowest BCUT2D eigenvalue weighted by atomic mass is 10.1. The lowest BCUT2D eigenvalue weighted by Crippen LogP contribution is -2.39. The molecule has 1 atom stereocenters. The molecule has 1 aliphatic rings. The van der Waals surface area contributed by atoms with Crippen LogP contribution in [0, 0.1) is 0 Å². The minimum Gasteiger partial charge on any atom is -0.380 e. The van der Waals surface area contributed by atoms with E-state index in [-0.39, 0.29) is 11.9 Å². The van der Waals surface area contributed by atoms with Gasteiger partial charge in [-0.05, 0) is 31.0 Å². The first-order valence-corrected chi connectivity index (χ1v) is 8.43. The van der Waals surface area contributed by atoms with Crippen molar-refractivity contribution < 1.29 is 9.53 Å². The first-order chi connectivity index (χ1) is 11.8. The van der Waals surface area contributed by atoms with Gasteiger partial charge in [-0.2, -0.15) is 0 Å². The van der Waals surface area contributed by atoms with Gasteiger partial charge in [0.25, 0.3) is 0 Å². The van der Waals surface area contributed by atoms with Crippen LogP contribution in [0.4, 0.5) is 5.69 Å². The van der Waals surface area contributed by atoms with Crippen molar-refractivity contribution in [1.82, 2.24) is 4.90 Å². The summed E-state index contributed by atoms with van der Waals surface area (Å²) >= 11 is 0. The third-order valence-electron chi connectivity index (χ3n) is 4.47. The van der Waals surface area contributed by atoms with E-state index in [0.717, 1.165) is 37.2 Å². The number of amides is 1. The highest BCUT2D eigenvalue weighted by molar-refractivity contribution is 5.95. The highest BCUT2D eigenvalue weighted by atomic mass is 16.5. The molecule has 126 valence electrons. The Bertz CT molecular complexity index is 672. The van der Waals surface area contributed by atoms with Gasteiger partial charge in [0.05, 0.1) is 12.6 Å². The van der Waals surface area contributed by atoms with Crippen molar-refractivity contribution in [2.45, 2.75) is 32.0 Å². The van der Waals surface area contributed by atoms with Gasteiger partial charge in [-0.15, -0.1) is 0 Å². The van der Waals surface area contributed by atoms with E-state index in [1.54, 1.807) is 7.11 Å². The largest absolute Gasteiger partial charge is 0.380 e. The number of ether oxygens (including phenoxy) is 1. The lowest BCUT2D eigenvalue weighted by Gasteiger charge is -2.24. The number of nitrogens with zero attached hydrogens (tertiary/aromatic N) is 1. The Balaban J connectivity index is 1.68. The van der Waals surface area contributed by atoms with Crippen molar-refractivity contribution in [2.24, 2.45) is 0 Å². The number of hydrogen-bond acceptors (Lipinski definition) is 3. The molecule has 1 N–H and O–H groups in total. The SMILES string of the molecule is COCc1ccccc1NC(=O)[C@H]1CCCN1Cc1ccccc1. The molecule has 0 radical (unpaired) electrons. The number of nitrogens with one attached hydrogen (secondary N) is 1. The second kappa shape index (κ2) is 8.08. The second-order valence-corrected chi connectivity index (χ2v) is 6.19. The summed E-state index contributed by atoms with van der Waals surface area (Å²) in [6, 6.07) is 18.1. The Morgan fingerprint density at radius 2 is 1.92 bits per heavy atom. The van der Waals surface area contributed by atoms with Gasteiger partial charge in [0.2, 0.25) is 5.91 Å². The van der Waals surface area contributed by atoms with Crippen LogP contribution in [0.1, 0.15) is 24.0 Å². The van der Waals surface area contributed by atoms with Gasteiger partial charge in [0.1, 0.15) is 0 Å². The van der Waals surface area contributed by atoms with Gasteiger partial charge in [-0.3, -0.25) is 9.69 Å². The number of rotatable bonds is 6.